The fourth-order valence-electron chi connectivity index (χ4n) is 3.74. The summed E-state index contributed by atoms with van der Waals surface area (Å²) in [6.07, 6.45) is 3.04. The highest BCUT2D eigenvalue weighted by Gasteiger charge is 2.32. The molecule has 208 valence electrons. The standard InChI is InChI=1S/C25H37N7O6/c1-15(33)21(32-22(34)18(27)12-17-13-28-14-29-17)24(36)30-19(9-5-6-10-26)23(35)31-20(25(37)38)11-16-7-3-2-4-8-16/h2-4,7-8,13-15,18-21,33H,5-6,9-12,26-27H2,1H3,(H,28,29)(H,30,36)(H,31,35)(H,32,34)(H,37,38). The Morgan fingerprint density at radius 2 is 1.66 bits per heavy atom. The molecule has 0 saturated carbocycles. The van der Waals surface area contributed by atoms with Crippen molar-refractivity contribution >= 4 is 23.7 Å². The molecule has 5 atom stereocenters. The Bertz CT molecular complexity index is 1030. The summed E-state index contributed by atoms with van der Waals surface area (Å²) in [5.41, 5.74) is 12.8. The summed E-state index contributed by atoms with van der Waals surface area (Å²) in [7, 11) is 0. The van der Waals surface area contributed by atoms with E-state index in [0.29, 0.717) is 30.6 Å². The second-order valence-corrected chi connectivity index (χ2v) is 9.05. The number of amides is 3. The number of aliphatic hydroxyl groups excluding tert-OH is 1. The van der Waals surface area contributed by atoms with E-state index in [1.165, 1.54) is 19.4 Å². The van der Waals surface area contributed by atoms with Gasteiger partial charge in [-0.25, -0.2) is 9.78 Å². The topological polar surface area (TPSA) is 226 Å². The van der Waals surface area contributed by atoms with E-state index in [9.17, 15) is 29.4 Å². The van der Waals surface area contributed by atoms with Crippen LogP contribution < -0.4 is 27.4 Å². The molecule has 1 aromatic heterocycles. The first-order valence-corrected chi connectivity index (χ1v) is 12.4. The van der Waals surface area contributed by atoms with Gasteiger partial charge in [-0.05, 0) is 38.3 Å². The van der Waals surface area contributed by atoms with Gasteiger partial charge in [-0.3, -0.25) is 14.4 Å². The summed E-state index contributed by atoms with van der Waals surface area (Å²) in [4.78, 5) is 57.2. The third kappa shape index (κ3) is 9.92. The summed E-state index contributed by atoms with van der Waals surface area (Å²) in [6.45, 7) is 1.68. The molecule has 10 N–H and O–H groups in total. The van der Waals surface area contributed by atoms with Crippen LogP contribution in [0, 0.1) is 0 Å². The van der Waals surface area contributed by atoms with E-state index in [2.05, 4.69) is 25.9 Å². The summed E-state index contributed by atoms with van der Waals surface area (Å²) in [6, 6.07) is 4.03. The van der Waals surface area contributed by atoms with Gasteiger partial charge in [0.05, 0.1) is 18.5 Å². The van der Waals surface area contributed by atoms with Crippen LogP contribution in [0.2, 0.25) is 0 Å². The highest BCUT2D eigenvalue weighted by atomic mass is 16.4. The van der Waals surface area contributed by atoms with Crippen LogP contribution in [0.1, 0.15) is 37.4 Å². The van der Waals surface area contributed by atoms with Crippen molar-refractivity contribution in [2.75, 3.05) is 6.54 Å². The van der Waals surface area contributed by atoms with E-state index < -0.39 is 54.0 Å². The first kappa shape index (κ1) is 30.4. The number of hydrogen-bond donors (Lipinski definition) is 8. The van der Waals surface area contributed by atoms with Crippen molar-refractivity contribution in [2.24, 2.45) is 11.5 Å². The van der Waals surface area contributed by atoms with E-state index in [0.717, 1.165) is 0 Å². The first-order valence-electron chi connectivity index (χ1n) is 12.4. The molecule has 1 aromatic carbocycles. The van der Waals surface area contributed by atoms with E-state index in [4.69, 9.17) is 11.5 Å². The molecule has 3 amide bonds. The highest BCUT2D eigenvalue weighted by molar-refractivity contribution is 5.94. The quantitative estimate of drug-likeness (QED) is 0.119. The fourth-order valence-corrected chi connectivity index (χ4v) is 3.74. The smallest absolute Gasteiger partial charge is 0.326 e. The molecule has 2 rings (SSSR count). The molecular formula is C25H37N7O6. The molecular weight excluding hydrogens is 494 g/mol. The van der Waals surface area contributed by atoms with Crippen molar-refractivity contribution in [1.82, 2.24) is 25.9 Å². The van der Waals surface area contributed by atoms with Gasteiger partial charge >= 0.3 is 5.97 Å². The lowest BCUT2D eigenvalue weighted by Crippen LogP contribution is -2.60. The zero-order valence-electron chi connectivity index (χ0n) is 21.3. The predicted octanol–water partition coefficient (Wildman–Crippen LogP) is -1.43. The van der Waals surface area contributed by atoms with Crippen molar-refractivity contribution in [3.63, 3.8) is 0 Å². The molecule has 13 heteroatoms. The number of carboxylic acids is 1. The number of carbonyl (C=O) groups is 4. The van der Waals surface area contributed by atoms with Crippen molar-refractivity contribution in [3.8, 4) is 0 Å². The molecule has 0 aliphatic carbocycles. The molecule has 2 aromatic rings. The van der Waals surface area contributed by atoms with Crippen molar-refractivity contribution < 1.29 is 29.4 Å². The second kappa shape index (κ2) is 15.4. The Morgan fingerprint density at radius 3 is 2.24 bits per heavy atom. The zero-order valence-corrected chi connectivity index (χ0v) is 21.3. The van der Waals surface area contributed by atoms with Crippen molar-refractivity contribution in [1.29, 1.82) is 0 Å². The van der Waals surface area contributed by atoms with Gasteiger partial charge in [0.2, 0.25) is 17.7 Å². The molecule has 0 fully saturated rings. The Balaban J connectivity index is 2.09. The van der Waals surface area contributed by atoms with E-state index in [1.807, 2.05) is 0 Å². The van der Waals surface area contributed by atoms with E-state index >= 15 is 0 Å². The van der Waals surface area contributed by atoms with Gasteiger partial charge < -0.3 is 42.6 Å². The number of aliphatic carboxylic acids is 1. The van der Waals surface area contributed by atoms with Gasteiger partial charge in [-0.1, -0.05) is 30.3 Å². The summed E-state index contributed by atoms with van der Waals surface area (Å²) in [5.74, 6) is -3.43. The molecule has 38 heavy (non-hydrogen) atoms. The van der Waals surface area contributed by atoms with Crippen molar-refractivity contribution in [3.05, 3.63) is 54.1 Å². The largest absolute Gasteiger partial charge is 0.480 e. The molecule has 0 spiro atoms. The molecule has 0 aliphatic rings. The Labute approximate surface area is 220 Å². The number of hydrogen-bond acceptors (Lipinski definition) is 8. The number of nitrogens with zero attached hydrogens (tertiary/aromatic N) is 1. The average Bonchev–Trinajstić information content (AvgIpc) is 3.39. The number of benzene rings is 1. The van der Waals surface area contributed by atoms with Gasteiger partial charge in [-0.2, -0.15) is 0 Å². The number of nitrogens with two attached hydrogens (primary N) is 2. The van der Waals surface area contributed by atoms with Gasteiger partial charge in [-0.15, -0.1) is 0 Å². The second-order valence-electron chi connectivity index (χ2n) is 9.05. The minimum absolute atomic E-state index is 0.0476. The Morgan fingerprint density at radius 1 is 0.974 bits per heavy atom. The molecule has 13 nitrogen and oxygen atoms in total. The normalized spacial score (nSPS) is 14.9. The van der Waals surface area contributed by atoms with Crippen LogP contribution in [0.3, 0.4) is 0 Å². The Kier molecular flexibility index (Phi) is 12.4. The fraction of sp³-hybridized carbons (Fsp3) is 0.480. The van der Waals surface area contributed by atoms with E-state index in [1.54, 1.807) is 30.3 Å². The van der Waals surface area contributed by atoms with Crippen LogP contribution in [0.15, 0.2) is 42.9 Å². The molecule has 1 heterocycles. The number of imidazole rings is 1. The lowest BCUT2D eigenvalue weighted by atomic mass is 10.0. The summed E-state index contributed by atoms with van der Waals surface area (Å²) < 4.78 is 0. The lowest BCUT2D eigenvalue weighted by Gasteiger charge is -2.26. The number of nitrogens with one attached hydrogen (secondary N) is 4. The number of aromatic amines is 1. The Hall–Kier alpha value is -3.81. The first-order chi connectivity index (χ1) is 18.1. The number of unbranched alkanes of at least 4 members (excludes halogenated alkanes) is 1. The molecule has 0 bridgehead atoms. The third-order valence-corrected chi connectivity index (χ3v) is 5.87. The van der Waals surface area contributed by atoms with Crippen LogP contribution in [0.4, 0.5) is 0 Å². The maximum absolute atomic E-state index is 13.1. The average molecular weight is 532 g/mol. The van der Waals surface area contributed by atoms with Crippen molar-refractivity contribution in [2.45, 2.75) is 69.3 Å². The van der Waals surface area contributed by atoms with Gasteiger partial charge in [0, 0.05) is 24.7 Å². The van der Waals surface area contributed by atoms with Gasteiger partial charge in [0.25, 0.3) is 0 Å². The maximum atomic E-state index is 13.1. The van der Waals surface area contributed by atoms with Crippen LogP contribution in [-0.2, 0) is 32.0 Å². The SMILES string of the molecule is CC(O)C(NC(=O)C(N)Cc1cnc[nH]1)C(=O)NC(CCCCN)C(=O)NC(Cc1ccccc1)C(=O)O. The molecule has 0 saturated heterocycles. The van der Waals surface area contributed by atoms with Crippen LogP contribution in [-0.4, -0.2) is 80.7 Å². The predicted molar refractivity (Wildman–Crippen MR) is 138 cm³/mol. The minimum atomic E-state index is -1.40. The van der Waals surface area contributed by atoms with Gasteiger partial charge in [0.1, 0.15) is 18.1 Å². The van der Waals surface area contributed by atoms with Crippen LogP contribution in [0.5, 0.6) is 0 Å². The zero-order chi connectivity index (χ0) is 28.1. The molecule has 0 aliphatic heterocycles. The number of H-pyrrole nitrogens is 1. The molecule has 5 unspecified atom stereocenters. The van der Waals surface area contributed by atoms with Crippen LogP contribution >= 0.6 is 0 Å². The maximum Gasteiger partial charge on any atom is 0.326 e. The van der Waals surface area contributed by atoms with Gasteiger partial charge in [0.15, 0.2) is 0 Å². The summed E-state index contributed by atoms with van der Waals surface area (Å²) >= 11 is 0. The number of rotatable bonds is 16. The molecule has 0 radical (unpaired) electrons. The van der Waals surface area contributed by atoms with E-state index in [-0.39, 0.29) is 19.3 Å². The number of carboxylic acid groups (broad SMARTS) is 1. The monoisotopic (exact) mass is 531 g/mol. The van der Waals surface area contributed by atoms with Crippen LogP contribution in [0.25, 0.3) is 0 Å². The lowest BCUT2D eigenvalue weighted by molar-refractivity contribution is -0.142. The number of aliphatic hydroxyl groups is 1. The minimum Gasteiger partial charge on any atom is -0.480 e. The highest BCUT2D eigenvalue weighted by Crippen LogP contribution is 2.07. The number of carbonyl (C=O) groups excluding carboxylic acids is 3. The number of aromatic nitrogens is 2. The third-order valence-electron chi connectivity index (χ3n) is 5.87. The summed E-state index contributed by atoms with van der Waals surface area (Å²) in [5, 5.41) is 27.3.